The van der Waals surface area contributed by atoms with Crippen LogP contribution in [0.3, 0.4) is 0 Å². The number of ketones is 1. The first-order valence-electron chi connectivity index (χ1n) is 24.1. The normalized spacial score (nSPS) is 18.2. The van der Waals surface area contributed by atoms with Gasteiger partial charge in [-0.05, 0) is 59.3 Å². The number of rotatable bonds is 13. The van der Waals surface area contributed by atoms with Gasteiger partial charge in [0.15, 0.2) is 5.78 Å². The average molecular weight is 1030 g/mol. The Balaban J connectivity index is 0.000000367. The van der Waals surface area contributed by atoms with E-state index in [1.165, 1.54) is 129 Å². The van der Waals surface area contributed by atoms with Gasteiger partial charge in [0.2, 0.25) is 0 Å². The zero-order chi connectivity index (χ0) is 42.3. The third kappa shape index (κ3) is 10.5. The fourth-order valence-corrected chi connectivity index (χ4v) is 24.7. The summed E-state index contributed by atoms with van der Waals surface area (Å²) in [7, 11) is -3.58. The van der Waals surface area contributed by atoms with Crippen LogP contribution in [0.15, 0.2) is 48.5 Å². The summed E-state index contributed by atoms with van der Waals surface area (Å²) in [5, 5.41) is 13.7. The van der Waals surface area contributed by atoms with Crippen LogP contribution in [0.2, 0.25) is 36.3 Å². The number of benzene rings is 2. The molecule has 59 heavy (non-hydrogen) atoms. The number of aromatic nitrogens is 2. The van der Waals surface area contributed by atoms with Crippen molar-refractivity contribution in [2.45, 2.75) is 193 Å². The fraction of sp³-hybridized carbons (Fsp3) is 0.627. The molecule has 3 aliphatic rings. The van der Waals surface area contributed by atoms with E-state index in [2.05, 4.69) is 74.3 Å². The topological polar surface area (TPSA) is 63.1 Å². The summed E-state index contributed by atoms with van der Waals surface area (Å²) in [6, 6.07) is 15.0. The molecule has 325 valence electrons. The molecule has 0 atom stereocenters. The Morgan fingerprint density at radius 2 is 1.34 bits per heavy atom. The van der Waals surface area contributed by atoms with E-state index in [1.807, 2.05) is 27.7 Å². The summed E-state index contributed by atoms with van der Waals surface area (Å²) >= 11 is 2.11. The average Bonchev–Trinajstić information content (AvgIpc) is 3.57. The number of nitrogens with zero attached hydrogens (tertiary/aromatic N) is 2. The predicted molar refractivity (Wildman–Crippen MR) is 257 cm³/mol. The van der Waals surface area contributed by atoms with Crippen LogP contribution in [-0.2, 0) is 24.9 Å². The maximum atomic E-state index is 11.7. The van der Waals surface area contributed by atoms with Gasteiger partial charge in [0.25, 0.3) is 0 Å². The summed E-state index contributed by atoms with van der Waals surface area (Å²) in [5.41, 5.74) is 7.26. The van der Waals surface area contributed by atoms with E-state index >= 15 is 0 Å². The van der Waals surface area contributed by atoms with E-state index < -0.39 is 16.1 Å². The molecule has 2 aromatic heterocycles. The van der Waals surface area contributed by atoms with Crippen molar-refractivity contribution in [2.24, 2.45) is 11.8 Å². The quantitative estimate of drug-likeness (QED) is 0.0627. The zero-order valence-corrected chi connectivity index (χ0v) is 43.0. The van der Waals surface area contributed by atoms with E-state index in [0.717, 1.165) is 59.1 Å². The molecule has 0 amide bonds. The maximum absolute atomic E-state index is 11.7. The first kappa shape index (κ1) is 46.5. The van der Waals surface area contributed by atoms with Crippen LogP contribution in [0, 0.1) is 24.8 Å². The van der Waals surface area contributed by atoms with Gasteiger partial charge in [0.05, 0.1) is 19.3 Å². The molecule has 7 rings (SSSR count). The van der Waals surface area contributed by atoms with Crippen LogP contribution in [0.5, 0.6) is 0 Å². The Morgan fingerprint density at radius 1 is 0.831 bits per heavy atom. The summed E-state index contributed by atoms with van der Waals surface area (Å²) in [5.74, 6) is 0.547. The third-order valence-corrected chi connectivity index (χ3v) is 26.3. The minimum atomic E-state index is -1.94. The number of allylic oxidation sites excluding steroid dienone is 2. The van der Waals surface area contributed by atoms with E-state index in [0.29, 0.717) is 0 Å². The molecule has 8 heteroatoms. The van der Waals surface area contributed by atoms with E-state index in [4.69, 9.17) is 11.3 Å². The third-order valence-electron chi connectivity index (χ3n) is 14.8. The standard InChI is InChI=1S/C38H51N2SSi2.C13H24O2.Ir/c1-27-35-37(36(40-26-39-35)29-24-28-16-14-15-23-33(28)34(25-29)42(2,3)4)41-38(27)43(30-17-8-5-9-18-30,31-19-10-6-11-20-31)32-21-12-7-13-22-32;1-5-10(6-2)12(14)9-13(15)11(7-3)8-4;/h14-16,23,25-26,30-32H,5-13,17-22H2,1-4H3;9-11,14H,5-8H2,1-4H3;/q-1;;/b;12-9-;/i26D;;. The number of aliphatic hydroxyl groups excluding tert-OH is 1. The first-order valence-corrected chi connectivity index (χ1v) is 30.1. The predicted octanol–water partition coefficient (Wildman–Crippen LogP) is 14.7. The van der Waals surface area contributed by atoms with Gasteiger partial charge in [-0.1, -0.05) is 173 Å². The van der Waals surface area contributed by atoms with Crippen molar-refractivity contribution in [1.82, 2.24) is 9.97 Å². The van der Waals surface area contributed by atoms with E-state index in [-0.39, 0.29) is 49.8 Å². The Bertz CT molecular complexity index is 2010. The molecule has 0 spiro atoms. The Kier molecular flexibility index (Phi) is 17.3. The molecule has 0 saturated heterocycles. The molecular formula is C51H75IrN2O2SSi2-. The number of fused-ring (bicyclic) bond motifs is 2. The van der Waals surface area contributed by atoms with Crippen molar-refractivity contribution < 1.29 is 31.4 Å². The van der Waals surface area contributed by atoms with Gasteiger partial charge in [0.1, 0.15) is 15.7 Å². The Morgan fingerprint density at radius 3 is 1.83 bits per heavy atom. The van der Waals surface area contributed by atoms with Crippen LogP contribution >= 0.6 is 11.3 Å². The summed E-state index contributed by atoms with van der Waals surface area (Å²) in [4.78, 5) is 21.6. The number of aliphatic hydroxyl groups is 1. The molecule has 2 aromatic carbocycles. The van der Waals surface area contributed by atoms with Crippen molar-refractivity contribution in [3.05, 3.63) is 60.1 Å². The monoisotopic (exact) mass is 1030 g/mol. The van der Waals surface area contributed by atoms with Gasteiger partial charge in [-0.3, -0.25) is 9.78 Å². The second kappa shape index (κ2) is 21.9. The van der Waals surface area contributed by atoms with Crippen LogP contribution in [0.4, 0.5) is 0 Å². The molecule has 0 bridgehead atoms. The summed E-state index contributed by atoms with van der Waals surface area (Å²) in [6.07, 6.45) is 26.6. The zero-order valence-electron chi connectivity index (χ0n) is 38.8. The number of carbonyl (C=O) groups excluding carboxylic acids is 1. The Hall–Kier alpha value is -1.97. The molecular weight excluding hydrogens is 953 g/mol. The van der Waals surface area contributed by atoms with Gasteiger partial charge in [-0.2, -0.15) is 0 Å². The van der Waals surface area contributed by atoms with Crippen molar-refractivity contribution in [2.75, 3.05) is 0 Å². The smallest absolute Gasteiger partial charge is 0.162 e. The molecule has 3 fully saturated rings. The fourth-order valence-electron chi connectivity index (χ4n) is 11.6. The van der Waals surface area contributed by atoms with Gasteiger partial charge < -0.3 is 5.11 Å². The molecule has 2 heterocycles. The van der Waals surface area contributed by atoms with E-state index in [1.54, 1.807) is 4.50 Å². The van der Waals surface area contributed by atoms with Crippen molar-refractivity contribution in [3.63, 3.8) is 0 Å². The second-order valence-electron chi connectivity index (χ2n) is 19.2. The molecule has 1 N–H and O–H groups in total. The van der Waals surface area contributed by atoms with Crippen molar-refractivity contribution >= 4 is 63.9 Å². The van der Waals surface area contributed by atoms with Gasteiger partial charge in [0, 0.05) is 48.4 Å². The van der Waals surface area contributed by atoms with Crippen LogP contribution < -0.4 is 9.69 Å². The summed E-state index contributed by atoms with van der Waals surface area (Å²) in [6.45, 7) is 17.8. The minimum absolute atomic E-state index is 0. The van der Waals surface area contributed by atoms with Crippen molar-refractivity contribution in [3.8, 4) is 11.3 Å². The second-order valence-corrected chi connectivity index (χ2v) is 30.5. The molecule has 3 saturated carbocycles. The largest absolute Gasteiger partial charge is 0.512 e. The molecule has 4 nitrogen and oxygen atoms in total. The van der Waals surface area contributed by atoms with Crippen LogP contribution in [0.1, 0.15) is 157 Å². The van der Waals surface area contributed by atoms with Crippen molar-refractivity contribution in [1.29, 1.82) is 0 Å². The van der Waals surface area contributed by atoms with E-state index in [9.17, 15) is 9.90 Å². The van der Waals surface area contributed by atoms with Gasteiger partial charge >= 0.3 is 0 Å². The number of thiophene rings is 1. The number of hydrogen-bond acceptors (Lipinski definition) is 5. The van der Waals surface area contributed by atoms with Gasteiger partial charge in [-0.15, -0.1) is 40.1 Å². The SMILES string of the molecule is CCC(CC)C(=O)/C=C(\O)C(CC)CC.[2H]c1nc(-c2[c-]c3ccccc3c([Si](C)(C)C)c2)c2sc([Si](C3CCCCC3)(C3CCCCC3)C3CCCCC3)c(C)c2n1.[Ir]. The maximum Gasteiger partial charge on any atom is 0.162 e. The Labute approximate surface area is 379 Å². The van der Waals surface area contributed by atoms with Crippen LogP contribution in [-0.4, -0.2) is 37.0 Å². The molecule has 0 aliphatic heterocycles. The molecule has 1 radical (unpaired) electrons. The first-order chi connectivity index (χ1) is 28.4. The minimum Gasteiger partial charge on any atom is -0.512 e. The molecule has 3 aliphatic carbocycles. The molecule has 0 unspecified atom stereocenters. The number of carbonyl (C=O) groups is 1. The van der Waals surface area contributed by atoms with Crippen LogP contribution in [0.25, 0.3) is 32.2 Å². The van der Waals surface area contributed by atoms with Gasteiger partial charge in [-0.25, -0.2) is 4.98 Å². The number of aryl methyl sites for hydroxylation is 1. The summed E-state index contributed by atoms with van der Waals surface area (Å²) < 4.78 is 11.9. The number of hydrogen-bond donors (Lipinski definition) is 1. The molecule has 4 aromatic rings.